The normalized spacial score (nSPS) is 42.0. The summed E-state index contributed by atoms with van der Waals surface area (Å²) in [6, 6.07) is 0. The molecule has 6 nitrogen and oxygen atoms in total. The van der Waals surface area contributed by atoms with E-state index < -0.39 is 24.5 Å². The molecule has 0 radical (unpaired) electrons. The smallest absolute Gasteiger partial charge is 0.137 e. The predicted octanol–water partition coefficient (Wildman–Crippen LogP) is -2.06. The Bertz CT molecular complexity index is 146. The molecule has 1 fully saturated rings. The number of aliphatic hydroxyl groups excluding tert-OH is 1. The number of nitrogens with two attached hydrogens (primary N) is 2. The second-order valence-electron chi connectivity index (χ2n) is 2.69. The SMILES string of the molecule is COC[C@H]1O[C@@H](N)C(O)C1ON. The van der Waals surface area contributed by atoms with Gasteiger partial charge in [-0.3, -0.25) is 4.84 Å². The average Bonchev–Trinajstić information content (AvgIpc) is 2.29. The van der Waals surface area contributed by atoms with E-state index in [9.17, 15) is 5.11 Å². The molecule has 1 aliphatic rings. The highest BCUT2D eigenvalue weighted by Gasteiger charge is 2.42. The van der Waals surface area contributed by atoms with Gasteiger partial charge in [-0.15, -0.1) is 0 Å². The van der Waals surface area contributed by atoms with Gasteiger partial charge in [0.25, 0.3) is 0 Å². The molecule has 0 bridgehead atoms. The number of rotatable bonds is 3. The van der Waals surface area contributed by atoms with Gasteiger partial charge in [0, 0.05) is 7.11 Å². The van der Waals surface area contributed by atoms with Crippen molar-refractivity contribution in [3.05, 3.63) is 0 Å². The van der Waals surface area contributed by atoms with E-state index in [0.29, 0.717) is 6.61 Å². The Morgan fingerprint density at radius 1 is 1.58 bits per heavy atom. The molecule has 1 rings (SSSR count). The summed E-state index contributed by atoms with van der Waals surface area (Å²) in [6.45, 7) is 0.298. The van der Waals surface area contributed by atoms with Crippen LogP contribution in [0, 0.1) is 0 Å². The lowest BCUT2D eigenvalue weighted by Gasteiger charge is -2.16. The summed E-state index contributed by atoms with van der Waals surface area (Å²) >= 11 is 0. The third-order valence-corrected chi connectivity index (χ3v) is 1.86. The predicted molar refractivity (Wildman–Crippen MR) is 39.8 cm³/mol. The molecule has 0 aliphatic carbocycles. The van der Waals surface area contributed by atoms with Crippen molar-refractivity contribution in [3.63, 3.8) is 0 Å². The van der Waals surface area contributed by atoms with Crippen molar-refractivity contribution in [3.8, 4) is 0 Å². The molecule has 0 aromatic rings. The number of aliphatic hydroxyl groups is 1. The van der Waals surface area contributed by atoms with Crippen LogP contribution >= 0.6 is 0 Å². The van der Waals surface area contributed by atoms with Crippen LogP contribution in [0.1, 0.15) is 0 Å². The van der Waals surface area contributed by atoms with Crippen LogP contribution in [0.5, 0.6) is 0 Å². The van der Waals surface area contributed by atoms with Gasteiger partial charge in [0.1, 0.15) is 24.5 Å². The van der Waals surface area contributed by atoms with Crippen LogP contribution in [0.3, 0.4) is 0 Å². The Morgan fingerprint density at radius 2 is 2.25 bits per heavy atom. The van der Waals surface area contributed by atoms with Crippen LogP contribution in [0.4, 0.5) is 0 Å². The lowest BCUT2D eigenvalue weighted by Crippen LogP contribution is -2.40. The van der Waals surface area contributed by atoms with Gasteiger partial charge in [0.15, 0.2) is 0 Å². The highest BCUT2D eigenvalue weighted by molar-refractivity contribution is 4.88. The molecule has 2 unspecified atom stereocenters. The Labute approximate surface area is 70.3 Å². The minimum absolute atomic E-state index is 0.298. The molecular weight excluding hydrogens is 164 g/mol. The summed E-state index contributed by atoms with van der Waals surface area (Å²) in [5, 5.41) is 9.34. The zero-order valence-corrected chi connectivity index (χ0v) is 6.84. The van der Waals surface area contributed by atoms with Crippen molar-refractivity contribution in [1.82, 2.24) is 0 Å². The molecule has 0 aromatic carbocycles. The number of hydrogen-bond acceptors (Lipinski definition) is 6. The van der Waals surface area contributed by atoms with E-state index in [2.05, 4.69) is 4.84 Å². The second-order valence-corrected chi connectivity index (χ2v) is 2.69. The molecule has 4 atom stereocenters. The summed E-state index contributed by atoms with van der Waals surface area (Å²) in [7, 11) is 1.52. The van der Waals surface area contributed by atoms with E-state index in [1.807, 2.05) is 0 Å². The highest BCUT2D eigenvalue weighted by Crippen LogP contribution is 2.19. The van der Waals surface area contributed by atoms with Crippen LogP contribution < -0.4 is 11.6 Å². The molecule has 0 saturated carbocycles. The van der Waals surface area contributed by atoms with Gasteiger partial charge in [0.05, 0.1) is 6.61 Å². The Morgan fingerprint density at radius 3 is 2.75 bits per heavy atom. The molecule has 1 saturated heterocycles. The van der Waals surface area contributed by atoms with Crippen LogP contribution in [0.2, 0.25) is 0 Å². The first-order valence-electron chi connectivity index (χ1n) is 3.64. The zero-order valence-electron chi connectivity index (χ0n) is 6.84. The number of ether oxygens (including phenoxy) is 2. The number of methoxy groups -OCH3 is 1. The van der Waals surface area contributed by atoms with Crippen LogP contribution in [0.15, 0.2) is 0 Å². The van der Waals surface area contributed by atoms with Crippen LogP contribution in [0.25, 0.3) is 0 Å². The van der Waals surface area contributed by atoms with Gasteiger partial charge in [-0.2, -0.15) is 0 Å². The summed E-state index contributed by atoms with van der Waals surface area (Å²) in [6.07, 6.45) is -2.65. The summed E-state index contributed by atoms with van der Waals surface area (Å²) < 4.78 is 9.94. The highest BCUT2D eigenvalue weighted by atomic mass is 16.7. The zero-order chi connectivity index (χ0) is 9.14. The van der Waals surface area contributed by atoms with Crippen molar-refractivity contribution < 1.29 is 19.4 Å². The van der Waals surface area contributed by atoms with Gasteiger partial charge >= 0.3 is 0 Å². The molecule has 72 valence electrons. The average molecular weight is 178 g/mol. The monoisotopic (exact) mass is 178 g/mol. The van der Waals surface area contributed by atoms with E-state index >= 15 is 0 Å². The molecule has 0 aromatic heterocycles. The Kier molecular flexibility index (Phi) is 3.39. The Balaban J connectivity index is 2.52. The standard InChI is InChI=1S/C6H14N2O4/c1-10-2-3-5(12-8)4(9)6(7)11-3/h3-6,9H,2,7-8H2,1H3/t3-,4?,5?,6-/m1/s1. The first-order valence-corrected chi connectivity index (χ1v) is 3.64. The van der Waals surface area contributed by atoms with E-state index in [0.717, 1.165) is 0 Å². The molecular formula is C6H14N2O4. The lowest BCUT2D eigenvalue weighted by atomic mass is 10.1. The first kappa shape index (κ1) is 9.85. The minimum atomic E-state index is -0.893. The molecule has 0 spiro atoms. The Hall–Kier alpha value is -0.240. The second kappa shape index (κ2) is 4.13. The molecule has 1 aliphatic heterocycles. The maximum Gasteiger partial charge on any atom is 0.137 e. The molecule has 5 N–H and O–H groups in total. The third-order valence-electron chi connectivity index (χ3n) is 1.86. The van der Waals surface area contributed by atoms with Gasteiger partial charge in [-0.05, 0) is 0 Å². The summed E-state index contributed by atoms with van der Waals surface area (Å²) in [5.41, 5.74) is 5.40. The van der Waals surface area contributed by atoms with Crippen LogP contribution in [-0.2, 0) is 14.3 Å². The minimum Gasteiger partial charge on any atom is -0.386 e. The largest absolute Gasteiger partial charge is 0.386 e. The lowest BCUT2D eigenvalue weighted by molar-refractivity contribution is -0.0625. The first-order chi connectivity index (χ1) is 5.70. The topological polar surface area (TPSA) is 100.0 Å². The van der Waals surface area contributed by atoms with Crippen molar-refractivity contribution in [2.75, 3.05) is 13.7 Å². The van der Waals surface area contributed by atoms with E-state index in [-0.39, 0.29) is 0 Å². The summed E-state index contributed by atoms with van der Waals surface area (Å²) in [4.78, 5) is 4.52. The molecule has 1 heterocycles. The van der Waals surface area contributed by atoms with Gasteiger partial charge < -0.3 is 20.3 Å². The molecule has 12 heavy (non-hydrogen) atoms. The summed E-state index contributed by atoms with van der Waals surface area (Å²) in [5.74, 6) is 4.96. The van der Waals surface area contributed by atoms with E-state index in [1.165, 1.54) is 7.11 Å². The van der Waals surface area contributed by atoms with Gasteiger partial charge in [-0.25, -0.2) is 5.90 Å². The fourth-order valence-corrected chi connectivity index (χ4v) is 1.23. The maximum atomic E-state index is 9.34. The van der Waals surface area contributed by atoms with Crippen LogP contribution in [-0.4, -0.2) is 43.4 Å². The van der Waals surface area contributed by atoms with Crippen molar-refractivity contribution in [2.24, 2.45) is 11.6 Å². The molecule has 0 amide bonds. The quantitative estimate of drug-likeness (QED) is 0.429. The van der Waals surface area contributed by atoms with E-state index in [1.54, 1.807) is 0 Å². The maximum absolute atomic E-state index is 9.34. The van der Waals surface area contributed by atoms with Crippen molar-refractivity contribution >= 4 is 0 Å². The van der Waals surface area contributed by atoms with Gasteiger partial charge in [-0.1, -0.05) is 0 Å². The fraction of sp³-hybridized carbons (Fsp3) is 1.00. The van der Waals surface area contributed by atoms with E-state index in [4.69, 9.17) is 21.1 Å². The van der Waals surface area contributed by atoms with Crippen molar-refractivity contribution in [1.29, 1.82) is 0 Å². The fourth-order valence-electron chi connectivity index (χ4n) is 1.23. The molecule has 6 heteroatoms. The number of hydrogen-bond donors (Lipinski definition) is 3. The van der Waals surface area contributed by atoms with Crippen molar-refractivity contribution in [2.45, 2.75) is 24.5 Å². The van der Waals surface area contributed by atoms with Gasteiger partial charge in [0.2, 0.25) is 0 Å². The third kappa shape index (κ3) is 1.74.